The van der Waals surface area contributed by atoms with E-state index in [0.29, 0.717) is 40.9 Å². The summed E-state index contributed by atoms with van der Waals surface area (Å²) in [4.78, 5) is 27.0. The van der Waals surface area contributed by atoms with Gasteiger partial charge in [0, 0.05) is 31.3 Å². The number of H-pyrrole nitrogens is 1. The topological polar surface area (TPSA) is 99.2 Å². The number of rotatable bonds is 4. The number of benzene rings is 1. The van der Waals surface area contributed by atoms with E-state index in [0.717, 1.165) is 5.56 Å². The molecule has 0 radical (unpaired) electrons. The van der Waals surface area contributed by atoms with Crippen LogP contribution in [-0.2, 0) is 18.3 Å². The molecule has 26 heavy (non-hydrogen) atoms. The van der Waals surface area contributed by atoms with Crippen molar-refractivity contribution in [3.05, 3.63) is 50.1 Å². The Labute approximate surface area is 151 Å². The van der Waals surface area contributed by atoms with Crippen LogP contribution in [-0.4, -0.2) is 42.4 Å². The summed E-state index contributed by atoms with van der Waals surface area (Å²) < 4.78 is 9.91. The van der Waals surface area contributed by atoms with Crippen LogP contribution in [0.4, 0.5) is 0 Å². The second kappa shape index (κ2) is 6.11. The summed E-state index contributed by atoms with van der Waals surface area (Å²) in [7, 11) is 3.16. The molecule has 3 heterocycles. The van der Waals surface area contributed by atoms with Crippen LogP contribution in [0, 0.1) is 0 Å². The molecule has 0 spiro atoms. The monoisotopic (exact) mass is 374 g/mol. The zero-order valence-corrected chi connectivity index (χ0v) is 14.8. The molecule has 0 aliphatic heterocycles. The van der Waals surface area contributed by atoms with E-state index in [-0.39, 0.29) is 0 Å². The Kier molecular flexibility index (Phi) is 3.89. The molecule has 0 fully saturated rings. The molecule has 0 aliphatic rings. The van der Waals surface area contributed by atoms with Crippen LogP contribution in [0.5, 0.6) is 0 Å². The standard InChI is InChI=1S/C16H15ClN6O3/c1-21-14-11(13(24)18-16(21)25)22(7-8-26-2)15-20-19-12(23(14)15)9-3-5-10(17)6-4-9/h3-6H,7-8H2,1-2H3,(H,18,24,25). The minimum absolute atomic E-state index is 0.337. The molecule has 0 atom stereocenters. The number of hydrogen-bond acceptors (Lipinski definition) is 5. The lowest BCUT2D eigenvalue weighted by molar-refractivity contribution is 0.189. The van der Waals surface area contributed by atoms with Gasteiger partial charge in [-0.05, 0) is 24.3 Å². The highest BCUT2D eigenvalue weighted by Crippen LogP contribution is 2.25. The largest absolute Gasteiger partial charge is 0.383 e. The van der Waals surface area contributed by atoms with Crippen molar-refractivity contribution in [2.24, 2.45) is 7.05 Å². The first-order valence-electron chi connectivity index (χ1n) is 7.84. The lowest BCUT2D eigenvalue weighted by atomic mass is 10.2. The van der Waals surface area contributed by atoms with E-state index < -0.39 is 11.2 Å². The van der Waals surface area contributed by atoms with Crippen molar-refractivity contribution >= 4 is 28.5 Å². The second-order valence-corrected chi connectivity index (χ2v) is 6.24. The maximum Gasteiger partial charge on any atom is 0.329 e. The van der Waals surface area contributed by atoms with Crippen molar-refractivity contribution in [1.82, 2.24) is 28.7 Å². The Hall–Kier alpha value is -2.91. The van der Waals surface area contributed by atoms with Crippen molar-refractivity contribution in [3.63, 3.8) is 0 Å². The Balaban J connectivity index is 2.15. The fourth-order valence-electron chi connectivity index (χ4n) is 3.02. The van der Waals surface area contributed by atoms with E-state index in [1.54, 1.807) is 35.3 Å². The van der Waals surface area contributed by atoms with E-state index in [2.05, 4.69) is 15.2 Å². The van der Waals surface area contributed by atoms with Crippen molar-refractivity contribution in [2.45, 2.75) is 6.54 Å². The third-order valence-corrected chi connectivity index (χ3v) is 4.51. The molecule has 10 heteroatoms. The van der Waals surface area contributed by atoms with Crippen molar-refractivity contribution in [2.75, 3.05) is 13.7 Å². The summed E-state index contributed by atoms with van der Waals surface area (Å²) in [6, 6.07) is 7.10. The molecule has 0 saturated carbocycles. The fraction of sp³-hybridized carbons (Fsp3) is 0.250. The molecule has 3 aromatic heterocycles. The number of halogens is 1. The number of ether oxygens (including phenoxy) is 1. The number of nitrogens with one attached hydrogen (secondary N) is 1. The number of nitrogens with zero attached hydrogens (tertiary/aromatic N) is 5. The molecule has 1 N–H and O–H groups in total. The van der Waals surface area contributed by atoms with Gasteiger partial charge < -0.3 is 9.30 Å². The summed E-state index contributed by atoms with van der Waals surface area (Å²) >= 11 is 5.96. The molecule has 0 amide bonds. The molecule has 0 unspecified atom stereocenters. The maximum absolute atomic E-state index is 12.5. The Morgan fingerprint density at radius 3 is 2.62 bits per heavy atom. The van der Waals surface area contributed by atoms with Gasteiger partial charge in [0.05, 0.1) is 6.61 Å². The van der Waals surface area contributed by atoms with Crippen molar-refractivity contribution in [1.29, 1.82) is 0 Å². The first-order chi connectivity index (χ1) is 12.5. The van der Waals surface area contributed by atoms with E-state index in [4.69, 9.17) is 16.3 Å². The number of hydrogen-bond donors (Lipinski definition) is 1. The number of aromatic amines is 1. The Morgan fingerprint density at radius 1 is 1.19 bits per heavy atom. The number of imidazole rings is 1. The fourth-order valence-corrected chi connectivity index (χ4v) is 3.15. The molecule has 134 valence electrons. The van der Waals surface area contributed by atoms with Crippen LogP contribution >= 0.6 is 11.6 Å². The molecule has 0 bridgehead atoms. The van der Waals surface area contributed by atoms with Crippen LogP contribution in [0.2, 0.25) is 5.02 Å². The third-order valence-electron chi connectivity index (χ3n) is 4.26. The van der Waals surface area contributed by atoms with Gasteiger partial charge in [0.25, 0.3) is 5.56 Å². The Morgan fingerprint density at radius 2 is 1.92 bits per heavy atom. The molecule has 1 aromatic carbocycles. The molecule has 0 saturated heterocycles. The SMILES string of the molecule is COCCn1c2c(=O)[nH]c(=O)n(C)c2n2c(-c3ccc(Cl)cc3)nnc12. The summed E-state index contributed by atoms with van der Waals surface area (Å²) in [6.07, 6.45) is 0. The van der Waals surface area contributed by atoms with Gasteiger partial charge in [-0.15, -0.1) is 10.2 Å². The first kappa shape index (κ1) is 16.6. The van der Waals surface area contributed by atoms with Gasteiger partial charge in [0.15, 0.2) is 17.0 Å². The number of aryl methyl sites for hydroxylation is 1. The van der Waals surface area contributed by atoms with Gasteiger partial charge in [-0.3, -0.25) is 14.3 Å². The molecule has 9 nitrogen and oxygen atoms in total. The van der Waals surface area contributed by atoms with E-state index >= 15 is 0 Å². The van der Waals surface area contributed by atoms with Crippen LogP contribution < -0.4 is 11.2 Å². The predicted octanol–water partition coefficient (Wildman–Crippen LogP) is 1.04. The molecule has 4 rings (SSSR count). The predicted molar refractivity (Wildman–Crippen MR) is 96.7 cm³/mol. The quantitative estimate of drug-likeness (QED) is 0.575. The average molecular weight is 375 g/mol. The second-order valence-electron chi connectivity index (χ2n) is 5.80. The minimum Gasteiger partial charge on any atom is -0.383 e. The summed E-state index contributed by atoms with van der Waals surface area (Å²) in [5, 5.41) is 9.09. The van der Waals surface area contributed by atoms with Crippen molar-refractivity contribution in [3.8, 4) is 11.4 Å². The average Bonchev–Trinajstić information content (AvgIpc) is 3.17. The van der Waals surface area contributed by atoms with Crippen LogP contribution in [0.1, 0.15) is 0 Å². The normalized spacial score (nSPS) is 11.7. The summed E-state index contributed by atoms with van der Waals surface area (Å²) in [5.74, 6) is 0.965. The molecule has 0 aliphatic carbocycles. The third kappa shape index (κ3) is 2.36. The Bertz CT molecular complexity index is 1230. The van der Waals surface area contributed by atoms with Crippen LogP contribution in [0.3, 0.4) is 0 Å². The lowest BCUT2D eigenvalue weighted by Crippen LogP contribution is -2.29. The molecular weight excluding hydrogens is 360 g/mol. The van der Waals surface area contributed by atoms with Gasteiger partial charge in [-0.1, -0.05) is 11.6 Å². The summed E-state index contributed by atoms with van der Waals surface area (Å²) in [5.41, 5.74) is 0.528. The van der Waals surface area contributed by atoms with Gasteiger partial charge in [-0.2, -0.15) is 0 Å². The van der Waals surface area contributed by atoms with E-state index in [1.807, 2.05) is 12.1 Å². The van der Waals surface area contributed by atoms with E-state index in [9.17, 15) is 9.59 Å². The van der Waals surface area contributed by atoms with Gasteiger partial charge >= 0.3 is 5.69 Å². The highest BCUT2D eigenvalue weighted by Gasteiger charge is 2.22. The smallest absolute Gasteiger partial charge is 0.329 e. The van der Waals surface area contributed by atoms with Gasteiger partial charge in [0.1, 0.15) is 0 Å². The number of methoxy groups -OCH3 is 1. The highest BCUT2D eigenvalue weighted by molar-refractivity contribution is 6.30. The van der Waals surface area contributed by atoms with Crippen molar-refractivity contribution < 1.29 is 4.74 Å². The summed E-state index contributed by atoms with van der Waals surface area (Å²) in [6.45, 7) is 0.772. The minimum atomic E-state index is -0.510. The zero-order valence-electron chi connectivity index (χ0n) is 14.1. The zero-order chi connectivity index (χ0) is 18.4. The number of aromatic nitrogens is 6. The number of fused-ring (bicyclic) bond motifs is 3. The highest BCUT2D eigenvalue weighted by atomic mass is 35.5. The first-order valence-corrected chi connectivity index (χ1v) is 8.22. The van der Waals surface area contributed by atoms with Crippen LogP contribution in [0.15, 0.2) is 33.9 Å². The van der Waals surface area contributed by atoms with E-state index in [1.165, 1.54) is 4.57 Å². The molecule has 4 aromatic rings. The van der Waals surface area contributed by atoms with Crippen LogP contribution in [0.25, 0.3) is 28.3 Å². The lowest BCUT2D eigenvalue weighted by Gasteiger charge is -2.04. The van der Waals surface area contributed by atoms with Gasteiger partial charge in [-0.25, -0.2) is 9.20 Å². The maximum atomic E-state index is 12.5. The molecular formula is C16H15ClN6O3. The van der Waals surface area contributed by atoms with Gasteiger partial charge in [0.2, 0.25) is 5.78 Å².